The van der Waals surface area contributed by atoms with Gasteiger partial charge in [-0.05, 0) is 29.6 Å². The van der Waals surface area contributed by atoms with Gasteiger partial charge in [-0.3, -0.25) is 9.59 Å². The number of fused-ring (bicyclic) bond motifs is 1. The smallest absolute Gasteiger partial charge is 0.296 e. The molecule has 2 aromatic heterocycles. The Morgan fingerprint density at radius 3 is 2.70 bits per heavy atom. The van der Waals surface area contributed by atoms with Gasteiger partial charge in [0, 0.05) is 15.3 Å². The van der Waals surface area contributed by atoms with Gasteiger partial charge in [-0.25, -0.2) is 0 Å². The van der Waals surface area contributed by atoms with Gasteiger partial charge < -0.3 is 10.1 Å². The molecule has 0 aliphatic carbocycles. The van der Waals surface area contributed by atoms with E-state index < -0.39 is 11.0 Å². The molecule has 0 radical (unpaired) electrons. The first kappa shape index (κ1) is 12.9. The van der Waals surface area contributed by atoms with Gasteiger partial charge in [0.15, 0.2) is 0 Å². The van der Waals surface area contributed by atoms with Crippen molar-refractivity contribution in [3.05, 3.63) is 61.3 Å². The van der Waals surface area contributed by atoms with Gasteiger partial charge in [0.25, 0.3) is 11.0 Å². The largest absolute Gasteiger partial charge is 0.506 e. The first-order valence-electron chi connectivity index (χ1n) is 5.70. The number of aromatic amines is 1. The molecule has 0 unspecified atom stereocenters. The number of rotatable bonds is 1. The number of thiophene rings is 1. The highest BCUT2D eigenvalue weighted by Crippen LogP contribution is 2.33. The zero-order chi connectivity index (χ0) is 14.3. The lowest BCUT2D eigenvalue weighted by Crippen LogP contribution is -2.24. The van der Waals surface area contributed by atoms with Gasteiger partial charge in [-0.1, -0.05) is 17.7 Å². The molecule has 100 valence electrons. The molecule has 2 N–H and O–H groups in total. The molecule has 0 amide bonds. The van der Waals surface area contributed by atoms with Crippen molar-refractivity contribution in [2.24, 2.45) is 0 Å². The van der Waals surface area contributed by atoms with Gasteiger partial charge in [-0.15, -0.1) is 11.3 Å². The number of H-pyrrole nitrogens is 1. The van der Waals surface area contributed by atoms with Crippen LogP contribution in [0.15, 0.2) is 45.3 Å². The Morgan fingerprint density at radius 1 is 1.20 bits per heavy atom. The number of hydrogen-bond donors (Lipinski definition) is 2. The molecule has 2 heterocycles. The highest BCUT2D eigenvalue weighted by Gasteiger charge is 2.15. The van der Waals surface area contributed by atoms with Gasteiger partial charge in [-0.2, -0.15) is 0 Å². The van der Waals surface area contributed by atoms with Crippen LogP contribution in [-0.2, 0) is 0 Å². The Bertz CT molecular complexity index is 916. The molecular weight excluding hydrogens is 298 g/mol. The van der Waals surface area contributed by atoms with Gasteiger partial charge in [0.05, 0.1) is 11.1 Å². The zero-order valence-corrected chi connectivity index (χ0v) is 11.6. The van der Waals surface area contributed by atoms with Crippen LogP contribution in [0.5, 0.6) is 5.75 Å². The molecule has 0 aliphatic rings. The number of benzene rings is 1. The normalized spacial score (nSPS) is 10.8. The van der Waals surface area contributed by atoms with E-state index in [-0.39, 0.29) is 11.3 Å². The highest BCUT2D eigenvalue weighted by molar-refractivity contribution is 7.13. The minimum atomic E-state index is -0.791. The lowest BCUT2D eigenvalue weighted by molar-refractivity contribution is 0.483. The van der Waals surface area contributed by atoms with E-state index in [0.29, 0.717) is 20.8 Å². The lowest BCUT2D eigenvalue weighted by atomic mass is 10.1. The van der Waals surface area contributed by atoms with Crippen LogP contribution in [0, 0.1) is 0 Å². The molecule has 0 saturated carbocycles. The van der Waals surface area contributed by atoms with Crippen LogP contribution in [0.25, 0.3) is 21.3 Å². The SMILES string of the molecule is O=c1[nH]c2cc(Cl)ccc2c(O)c(-c2cccs2)c1=O. The fraction of sp³-hybridized carbons (Fsp3) is 0. The molecule has 3 rings (SSSR count). The summed E-state index contributed by atoms with van der Waals surface area (Å²) in [7, 11) is 0. The van der Waals surface area contributed by atoms with Gasteiger partial charge in [0.2, 0.25) is 0 Å². The number of hydrogen-bond acceptors (Lipinski definition) is 4. The van der Waals surface area contributed by atoms with Crippen molar-refractivity contribution in [2.75, 3.05) is 0 Å². The summed E-state index contributed by atoms with van der Waals surface area (Å²) >= 11 is 7.15. The summed E-state index contributed by atoms with van der Waals surface area (Å²) in [6.45, 7) is 0. The molecule has 0 aliphatic heterocycles. The minimum absolute atomic E-state index is 0.0126. The number of halogens is 1. The van der Waals surface area contributed by atoms with Crippen molar-refractivity contribution in [3.63, 3.8) is 0 Å². The van der Waals surface area contributed by atoms with Gasteiger partial charge in [0.1, 0.15) is 5.75 Å². The van der Waals surface area contributed by atoms with E-state index in [2.05, 4.69) is 4.98 Å². The van der Waals surface area contributed by atoms with E-state index in [0.717, 1.165) is 0 Å². The topological polar surface area (TPSA) is 70.2 Å². The predicted octanol–water partition coefficient (Wildman–Crippen LogP) is 2.98. The molecule has 3 aromatic rings. The average molecular weight is 306 g/mol. The Kier molecular flexibility index (Phi) is 3.08. The summed E-state index contributed by atoms with van der Waals surface area (Å²) in [5, 5.41) is 12.9. The van der Waals surface area contributed by atoms with E-state index in [4.69, 9.17) is 11.6 Å². The molecule has 1 aromatic carbocycles. The highest BCUT2D eigenvalue weighted by atomic mass is 35.5. The van der Waals surface area contributed by atoms with Crippen molar-refractivity contribution in [2.45, 2.75) is 0 Å². The van der Waals surface area contributed by atoms with Crippen molar-refractivity contribution in [3.8, 4) is 16.2 Å². The van der Waals surface area contributed by atoms with E-state index in [9.17, 15) is 14.7 Å². The standard InChI is InChI=1S/C14H8ClNO3S/c15-7-3-4-8-9(6-7)16-14(19)13(18)11(12(8)17)10-2-1-5-20-10/h1-6,17H,(H,16,18,19). The third-order valence-electron chi connectivity index (χ3n) is 2.92. The average Bonchev–Trinajstić information content (AvgIpc) is 2.89. The Morgan fingerprint density at radius 2 is 2.00 bits per heavy atom. The lowest BCUT2D eigenvalue weighted by Gasteiger charge is -1.99. The van der Waals surface area contributed by atoms with Crippen molar-refractivity contribution in [1.82, 2.24) is 4.98 Å². The second-order valence-corrected chi connectivity index (χ2v) is 5.56. The monoisotopic (exact) mass is 305 g/mol. The zero-order valence-electron chi connectivity index (χ0n) is 10.0. The van der Waals surface area contributed by atoms with Crippen LogP contribution in [0.1, 0.15) is 0 Å². The van der Waals surface area contributed by atoms with Gasteiger partial charge >= 0.3 is 0 Å². The Balaban J connectivity index is 2.58. The predicted molar refractivity (Wildman–Crippen MR) is 80.8 cm³/mol. The summed E-state index contributed by atoms with van der Waals surface area (Å²) in [6, 6.07) is 8.08. The van der Waals surface area contributed by atoms with Crippen LogP contribution < -0.4 is 11.0 Å². The van der Waals surface area contributed by atoms with Crippen LogP contribution in [0.3, 0.4) is 0 Å². The maximum atomic E-state index is 12.2. The van der Waals surface area contributed by atoms with E-state index >= 15 is 0 Å². The molecule has 0 bridgehead atoms. The maximum absolute atomic E-state index is 12.2. The van der Waals surface area contributed by atoms with Crippen molar-refractivity contribution < 1.29 is 5.11 Å². The molecule has 4 nitrogen and oxygen atoms in total. The maximum Gasteiger partial charge on any atom is 0.296 e. The van der Waals surface area contributed by atoms with Crippen molar-refractivity contribution in [1.29, 1.82) is 0 Å². The first-order valence-corrected chi connectivity index (χ1v) is 6.96. The second-order valence-electron chi connectivity index (χ2n) is 4.17. The molecular formula is C14H8ClNO3S. The Hall–Kier alpha value is -2.11. The number of aromatic nitrogens is 1. The van der Waals surface area contributed by atoms with Crippen molar-refractivity contribution >= 4 is 33.8 Å². The summed E-state index contributed by atoms with van der Waals surface area (Å²) in [4.78, 5) is 27.1. The third-order valence-corrected chi connectivity index (χ3v) is 4.05. The number of aromatic hydroxyl groups is 1. The van der Waals surface area contributed by atoms with Crippen LogP contribution in [0.4, 0.5) is 0 Å². The molecule has 20 heavy (non-hydrogen) atoms. The molecule has 0 spiro atoms. The first-order chi connectivity index (χ1) is 9.58. The van der Waals surface area contributed by atoms with E-state index in [1.165, 1.54) is 17.4 Å². The van der Waals surface area contributed by atoms with Crippen LogP contribution >= 0.6 is 22.9 Å². The van der Waals surface area contributed by atoms with Crippen LogP contribution in [0.2, 0.25) is 5.02 Å². The molecule has 0 fully saturated rings. The quantitative estimate of drug-likeness (QED) is 0.679. The molecule has 0 saturated heterocycles. The second kappa shape index (κ2) is 4.77. The molecule has 0 atom stereocenters. The van der Waals surface area contributed by atoms with E-state index in [1.807, 2.05) is 0 Å². The number of nitrogens with one attached hydrogen (secondary N) is 1. The fourth-order valence-electron chi connectivity index (χ4n) is 2.01. The summed E-state index contributed by atoms with van der Waals surface area (Å²) in [5.74, 6) is -0.220. The Labute approximate surface area is 121 Å². The summed E-state index contributed by atoms with van der Waals surface area (Å²) in [5.41, 5.74) is -1.23. The fourth-order valence-corrected chi connectivity index (χ4v) is 2.95. The molecule has 6 heteroatoms. The summed E-state index contributed by atoms with van der Waals surface area (Å²) in [6.07, 6.45) is 0. The minimum Gasteiger partial charge on any atom is -0.506 e. The summed E-state index contributed by atoms with van der Waals surface area (Å²) < 4.78 is 0. The van der Waals surface area contributed by atoms with Crippen LogP contribution in [-0.4, -0.2) is 10.1 Å². The third kappa shape index (κ3) is 2.01. The van der Waals surface area contributed by atoms with E-state index in [1.54, 1.807) is 29.6 Å².